The molecule has 3 aromatic rings. The summed E-state index contributed by atoms with van der Waals surface area (Å²) in [6.45, 7) is 0. The van der Waals surface area contributed by atoms with Crippen LogP contribution in [0, 0.1) is 0 Å². The van der Waals surface area contributed by atoms with Crippen molar-refractivity contribution in [2.24, 2.45) is 0 Å². The van der Waals surface area contributed by atoms with Crippen molar-refractivity contribution >= 4 is 16.7 Å². The van der Waals surface area contributed by atoms with Gasteiger partial charge in [-0.25, -0.2) is 5.10 Å². The van der Waals surface area contributed by atoms with Gasteiger partial charge in [0.15, 0.2) is 5.69 Å². The van der Waals surface area contributed by atoms with E-state index in [1.807, 2.05) is 18.2 Å². The number of aryl methyl sites for hydroxylation is 1. The molecule has 5 nitrogen and oxygen atoms in total. The SMILES string of the molecule is O=C(N[C@@H]1CCc2ccccc21)c1n[nH]c(=O)c2ccccc12. The summed E-state index contributed by atoms with van der Waals surface area (Å²) in [7, 11) is 0. The average Bonchev–Trinajstić information content (AvgIpc) is 2.98. The second kappa shape index (κ2) is 5.35. The van der Waals surface area contributed by atoms with Gasteiger partial charge in [0.1, 0.15) is 0 Å². The van der Waals surface area contributed by atoms with Gasteiger partial charge < -0.3 is 5.32 Å². The van der Waals surface area contributed by atoms with Gasteiger partial charge >= 0.3 is 0 Å². The lowest BCUT2D eigenvalue weighted by Gasteiger charge is -2.14. The highest BCUT2D eigenvalue weighted by Crippen LogP contribution is 2.31. The standard InChI is InChI=1S/C18H15N3O2/c22-17-14-8-4-3-7-13(14)16(20-21-17)18(23)19-15-10-9-11-5-1-2-6-12(11)15/h1-8,15H,9-10H2,(H,19,23)(H,21,22)/t15-/m1/s1. The van der Waals surface area contributed by atoms with Crippen LogP contribution in [0.5, 0.6) is 0 Å². The number of nitrogens with zero attached hydrogens (tertiary/aromatic N) is 1. The summed E-state index contributed by atoms with van der Waals surface area (Å²) < 4.78 is 0. The van der Waals surface area contributed by atoms with Crippen molar-refractivity contribution in [2.45, 2.75) is 18.9 Å². The Kier molecular flexibility index (Phi) is 3.19. The smallest absolute Gasteiger partial charge is 0.272 e. The maximum atomic E-state index is 12.6. The monoisotopic (exact) mass is 305 g/mol. The Bertz CT molecular complexity index is 962. The molecule has 0 fully saturated rings. The van der Waals surface area contributed by atoms with E-state index in [4.69, 9.17) is 0 Å². The minimum absolute atomic E-state index is 0.00816. The van der Waals surface area contributed by atoms with Crippen molar-refractivity contribution in [3.05, 3.63) is 75.7 Å². The van der Waals surface area contributed by atoms with Crippen molar-refractivity contribution in [3.8, 4) is 0 Å². The van der Waals surface area contributed by atoms with Crippen molar-refractivity contribution < 1.29 is 4.79 Å². The largest absolute Gasteiger partial charge is 0.344 e. The Morgan fingerprint density at radius 2 is 1.83 bits per heavy atom. The van der Waals surface area contributed by atoms with Gasteiger partial charge in [0, 0.05) is 5.39 Å². The Balaban J connectivity index is 1.69. The molecule has 0 radical (unpaired) electrons. The molecule has 2 aromatic carbocycles. The molecule has 0 saturated heterocycles. The van der Waals surface area contributed by atoms with Crippen LogP contribution < -0.4 is 10.9 Å². The molecule has 1 aromatic heterocycles. The van der Waals surface area contributed by atoms with Crippen LogP contribution in [0.3, 0.4) is 0 Å². The average molecular weight is 305 g/mol. The quantitative estimate of drug-likeness (QED) is 0.763. The molecule has 0 spiro atoms. The highest BCUT2D eigenvalue weighted by molar-refractivity contribution is 6.04. The number of hydrogen-bond donors (Lipinski definition) is 2. The Hall–Kier alpha value is -2.95. The molecule has 1 heterocycles. The fourth-order valence-electron chi connectivity index (χ4n) is 3.22. The first-order valence-corrected chi connectivity index (χ1v) is 7.60. The van der Waals surface area contributed by atoms with Gasteiger partial charge in [-0.2, -0.15) is 5.10 Å². The summed E-state index contributed by atoms with van der Waals surface area (Å²) in [5.41, 5.74) is 2.40. The Morgan fingerprint density at radius 1 is 1.09 bits per heavy atom. The fourth-order valence-corrected chi connectivity index (χ4v) is 3.22. The third-order valence-corrected chi connectivity index (χ3v) is 4.35. The van der Waals surface area contributed by atoms with E-state index in [0.29, 0.717) is 10.8 Å². The van der Waals surface area contributed by atoms with Crippen LogP contribution in [-0.2, 0) is 6.42 Å². The van der Waals surface area contributed by atoms with E-state index in [2.05, 4.69) is 21.6 Å². The van der Waals surface area contributed by atoms with E-state index in [1.54, 1.807) is 24.3 Å². The van der Waals surface area contributed by atoms with E-state index in [-0.39, 0.29) is 23.2 Å². The van der Waals surface area contributed by atoms with Gasteiger partial charge in [-0.3, -0.25) is 9.59 Å². The van der Waals surface area contributed by atoms with E-state index < -0.39 is 0 Å². The van der Waals surface area contributed by atoms with Crippen molar-refractivity contribution in [2.75, 3.05) is 0 Å². The molecule has 2 N–H and O–H groups in total. The highest BCUT2D eigenvalue weighted by atomic mass is 16.2. The molecule has 1 atom stereocenters. The molecule has 0 bridgehead atoms. The molecule has 4 rings (SSSR count). The number of benzene rings is 2. The first-order valence-electron chi connectivity index (χ1n) is 7.60. The number of aromatic amines is 1. The van der Waals surface area contributed by atoms with Gasteiger partial charge in [0.25, 0.3) is 11.5 Å². The Morgan fingerprint density at radius 3 is 2.70 bits per heavy atom. The summed E-state index contributed by atoms with van der Waals surface area (Å²) in [5, 5.41) is 10.4. The number of hydrogen-bond acceptors (Lipinski definition) is 3. The molecule has 114 valence electrons. The minimum Gasteiger partial charge on any atom is -0.344 e. The molecule has 0 aliphatic heterocycles. The molecule has 0 saturated carbocycles. The van der Waals surface area contributed by atoms with E-state index in [1.165, 1.54) is 5.56 Å². The van der Waals surface area contributed by atoms with Gasteiger partial charge in [-0.05, 0) is 30.0 Å². The number of nitrogens with one attached hydrogen (secondary N) is 2. The zero-order valence-electron chi connectivity index (χ0n) is 12.4. The predicted octanol–water partition coefficient (Wildman–Crippen LogP) is 2.34. The number of fused-ring (bicyclic) bond motifs is 2. The molecule has 1 amide bonds. The number of carbonyl (C=O) groups excluding carboxylic acids is 1. The highest BCUT2D eigenvalue weighted by Gasteiger charge is 2.25. The van der Waals surface area contributed by atoms with Gasteiger partial charge in [-0.1, -0.05) is 42.5 Å². The van der Waals surface area contributed by atoms with Crippen LogP contribution in [0.25, 0.3) is 10.8 Å². The van der Waals surface area contributed by atoms with Gasteiger partial charge in [0.2, 0.25) is 0 Å². The summed E-state index contributed by atoms with van der Waals surface area (Å²) >= 11 is 0. The van der Waals surface area contributed by atoms with Crippen LogP contribution in [-0.4, -0.2) is 16.1 Å². The fraction of sp³-hybridized carbons (Fsp3) is 0.167. The lowest BCUT2D eigenvalue weighted by atomic mass is 10.1. The number of H-pyrrole nitrogens is 1. The molecule has 1 aliphatic rings. The third-order valence-electron chi connectivity index (χ3n) is 4.35. The van der Waals surface area contributed by atoms with Crippen LogP contribution in [0.15, 0.2) is 53.3 Å². The maximum Gasteiger partial charge on any atom is 0.272 e. The maximum absolute atomic E-state index is 12.6. The first-order chi connectivity index (χ1) is 11.2. The van der Waals surface area contributed by atoms with Crippen molar-refractivity contribution in [3.63, 3.8) is 0 Å². The normalized spacial score (nSPS) is 16.3. The van der Waals surface area contributed by atoms with Crippen LogP contribution >= 0.6 is 0 Å². The van der Waals surface area contributed by atoms with Crippen LogP contribution in [0.2, 0.25) is 0 Å². The number of rotatable bonds is 2. The van der Waals surface area contributed by atoms with Crippen molar-refractivity contribution in [1.82, 2.24) is 15.5 Å². The van der Waals surface area contributed by atoms with E-state index in [9.17, 15) is 9.59 Å². The van der Waals surface area contributed by atoms with E-state index in [0.717, 1.165) is 18.4 Å². The van der Waals surface area contributed by atoms with Gasteiger partial charge in [0.05, 0.1) is 11.4 Å². The molecule has 5 heteroatoms. The Labute approximate surface area is 132 Å². The zero-order chi connectivity index (χ0) is 15.8. The zero-order valence-corrected chi connectivity index (χ0v) is 12.4. The third kappa shape index (κ3) is 2.30. The van der Waals surface area contributed by atoms with Gasteiger partial charge in [-0.15, -0.1) is 0 Å². The summed E-state index contributed by atoms with van der Waals surface area (Å²) in [6.07, 6.45) is 1.84. The number of carbonyl (C=O) groups is 1. The lowest BCUT2D eigenvalue weighted by molar-refractivity contribution is 0.0932. The predicted molar refractivity (Wildman–Crippen MR) is 87.3 cm³/mol. The number of amides is 1. The van der Waals surface area contributed by atoms with Crippen LogP contribution in [0.4, 0.5) is 0 Å². The lowest BCUT2D eigenvalue weighted by Crippen LogP contribution is -2.29. The van der Waals surface area contributed by atoms with Crippen molar-refractivity contribution in [1.29, 1.82) is 0 Å². The van der Waals surface area contributed by atoms with Crippen LogP contribution in [0.1, 0.15) is 34.1 Å². The molecule has 1 aliphatic carbocycles. The minimum atomic E-state index is -0.289. The molecular formula is C18H15N3O2. The summed E-state index contributed by atoms with van der Waals surface area (Å²) in [6, 6.07) is 15.1. The molecular weight excluding hydrogens is 290 g/mol. The summed E-state index contributed by atoms with van der Waals surface area (Å²) in [4.78, 5) is 24.5. The second-order valence-electron chi connectivity index (χ2n) is 5.71. The van der Waals surface area contributed by atoms with E-state index >= 15 is 0 Å². The topological polar surface area (TPSA) is 74.8 Å². The molecule has 0 unspecified atom stereocenters. The first kappa shape index (κ1) is 13.7. The second-order valence-corrected chi connectivity index (χ2v) is 5.71. The number of aromatic nitrogens is 2. The summed E-state index contributed by atoms with van der Waals surface area (Å²) in [5.74, 6) is -0.265. The molecule has 23 heavy (non-hydrogen) atoms.